The highest BCUT2D eigenvalue weighted by Crippen LogP contribution is 2.36. The van der Waals surface area contributed by atoms with Crippen LogP contribution in [0.15, 0.2) is 18.6 Å². The fourth-order valence-corrected chi connectivity index (χ4v) is 5.38. The maximum absolute atomic E-state index is 12.5. The molecular weight excluding hydrogens is 342 g/mol. The summed E-state index contributed by atoms with van der Waals surface area (Å²) in [5, 5.41) is 0.992. The Labute approximate surface area is 147 Å². The third-order valence-corrected chi connectivity index (χ3v) is 7.16. The van der Waals surface area contributed by atoms with Gasteiger partial charge in [-0.15, -0.1) is 0 Å². The predicted molar refractivity (Wildman–Crippen MR) is 94.7 cm³/mol. The lowest BCUT2D eigenvalue weighted by molar-refractivity contribution is 0.0309. The Morgan fingerprint density at radius 3 is 3.00 bits per heavy atom. The van der Waals surface area contributed by atoms with E-state index in [9.17, 15) is 8.42 Å². The lowest BCUT2D eigenvalue weighted by Gasteiger charge is -2.42. The Balaban J connectivity index is 1.38. The lowest BCUT2D eigenvalue weighted by Crippen LogP contribution is -2.48. The summed E-state index contributed by atoms with van der Waals surface area (Å²) >= 11 is 0. The number of fused-ring (bicyclic) bond motifs is 1. The molecule has 8 nitrogen and oxygen atoms in total. The first-order chi connectivity index (χ1) is 12.0. The summed E-state index contributed by atoms with van der Waals surface area (Å²) in [5.74, 6) is 1.30. The SMILES string of the molecule is CN(c1ncnc2[nH]ccc12)C1CC(CS(=O)(=O)N2CCCOC2)C1. The summed E-state index contributed by atoms with van der Waals surface area (Å²) in [5.41, 5.74) is 0.820. The normalized spacial score (nSPS) is 25.0. The Morgan fingerprint density at radius 2 is 2.24 bits per heavy atom. The first-order valence-electron chi connectivity index (χ1n) is 8.61. The van der Waals surface area contributed by atoms with Crippen molar-refractivity contribution in [3.05, 3.63) is 18.6 Å². The molecule has 136 valence electrons. The van der Waals surface area contributed by atoms with E-state index in [2.05, 4.69) is 19.9 Å². The van der Waals surface area contributed by atoms with Crippen LogP contribution in [-0.2, 0) is 14.8 Å². The van der Waals surface area contributed by atoms with Crippen molar-refractivity contribution in [2.24, 2.45) is 5.92 Å². The maximum Gasteiger partial charge on any atom is 0.216 e. The van der Waals surface area contributed by atoms with Gasteiger partial charge in [0.15, 0.2) is 0 Å². The van der Waals surface area contributed by atoms with E-state index in [-0.39, 0.29) is 18.4 Å². The monoisotopic (exact) mass is 365 g/mol. The first kappa shape index (κ1) is 16.7. The molecule has 2 aromatic heterocycles. The highest BCUT2D eigenvalue weighted by Gasteiger charge is 2.38. The van der Waals surface area contributed by atoms with Crippen molar-refractivity contribution >= 4 is 26.9 Å². The molecule has 4 rings (SSSR count). The molecule has 1 N–H and O–H groups in total. The zero-order valence-electron chi connectivity index (χ0n) is 14.3. The number of nitrogens with zero attached hydrogens (tertiary/aromatic N) is 4. The van der Waals surface area contributed by atoms with Crippen LogP contribution in [0.5, 0.6) is 0 Å². The van der Waals surface area contributed by atoms with Crippen LogP contribution < -0.4 is 4.90 Å². The van der Waals surface area contributed by atoms with Gasteiger partial charge in [-0.25, -0.2) is 18.4 Å². The van der Waals surface area contributed by atoms with Gasteiger partial charge in [0.1, 0.15) is 24.5 Å². The van der Waals surface area contributed by atoms with Crippen molar-refractivity contribution in [2.75, 3.05) is 37.6 Å². The number of nitrogens with one attached hydrogen (secondary N) is 1. The molecule has 2 fully saturated rings. The molecule has 3 heterocycles. The number of hydrogen-bond acceptors (Lipinski definition) is 6. The molecule has 0 aromatic carbocycles. The summed E-state index contributed by atoms with van der Waals surface area (Å²) in [7, 11) is -1.21. The second-order valence-corrected chi connectivity index (χ2v) is 8.90. The topological polar surface area (TPSA) is 91.4 Å². The van der Waals surface area contributed by atoms with E-state index in [4.69, 9.17) is 4.74 Å². The van der Waals surface area contributed by atoms with E-state index in [1.54, 1.807) is 6.33 Å². The van der Waals surface area contributed by atoms with Gasteiger partial charge in [-0.05, 0) is 31.2 Å². The van der Waals surface area contributed by atoms with Gasteiger partial charge in [0, 0.05) is 32.4 Å². The van der Waals surface area contributed by atoms with Crippen LogP contribution in [0, 0.1) is 5.92 Å². The third kappa shape index (κ3) is 3.23. The average molecular weight is 365 g/mol. The minimum atomic E-state index is -3.22. The molecule has 0 unspecified atom stereocenters. The molecular formula is C16H23N5O3S. The van der Waals surface area contributed by atoms with E-state index in [1.807, 2.05) is 19.3 Å². The van der Waals surface area contributed by atoms with E-state index in [0.717, 1.165) is 36.1 Å². The lowest BCUT2D eigenvalue weighted by atomic mass is 9.81. The number of sulfonamides is 1. The number of rotatable bonds is 5. The number of aromatic nitrogens is 3. The number of hydrogen-bond donors (Lipinski definition) is 1. The summed E-state index contributed by atoms with van der Waals surface area (Å²) in [6.45, 7) is 1.42. The van der Waals surface area contributed by atoms with E-state index in [0.29, 0.717) is 19.2 Å². The Kier molecular flexibility index (Phi) is 4.38. The average Bonchev–Trinajstić information content (AvgIpc) is 3.06. The van der Waals surface area contributed by atoms with Crippen molar-refractivity contribution in [1.82, 2.24) is 19.3 Å². The molecule has 1 saturated carbocycles. The second-order valence-electron chi connectivity index (χ2n) is 6.88. The zero-order valence-corrected chi connectivity index (χ0v) is 15.1. The van der Waals surface area contributed by atoms with Crippen LogP contribution in [0.1, 0.15) is 19.3 Å². The number of aromatic amines is 1. The quantitative estimate of drug-likeness (QED) is 0.856. The Bertz CT molecular complexity index is 840. The minimum absolute atomic E-state index is 0.197. The van der Waals surface area contributed by atoms with Gasteiger partial charge in [0.05, 0.1) is 11.1 Å². The van der Waals surface area contributed by atoms with Gasteiger partial charge >= 0.3 is 0 Å². The van der Waals surface area contributed by atoms with Crippen LogP contribution in [-0.4, -0.2) is 66.4 Å². The fourth-order valence-electron chi connectivity index (χ4n) is 3.66. The van der Waals surface area contributed by atoms with E-state index < -0.39 is 10.0 Å². The molecule has 9 heteroatoms. The molecule has 1 aliphatic carbocycles. The molecule has 0 radical (unpaired) electrons. The van der Waals surface area contributed by atoms with Crippen LogP contribution >= 0.6 is 0 Å². The molecule has 0 bridgehead atoms. The van der Waals surface area contributed by atoms with Gasteiger partial charge in [-0.2, -0.15) is 4.31 Å². The van der Waals surface area contributed by atoms with Gasteiger partial charge in [0.25, 0.3) is 0 Å². The maximum atomic E-state index is 12.5. The van der Waals surface area contributed by atoms with Crippen molar-refractivity contribution in [1.29, 1.82) is 0 Å². The van der Waals surface area contributed by atoms with Gasteiger partial charge in [-0.1, -0.05) is 0 Å². The number of anilines is 1. The predicted octanol–water partition coefficient (Wildman–Crippen LogP) is 1.18. The summed E-state index contributed by atoms with van der Waals surface area (Å²) in [6.07, 6.45) is 5.91. The smallest absolute Gasteiger partial charge is 0.216 e. The van der Waals surface area contributed by atoms with E-state index >= 15 is 0 Å². The number of ether oxygens (including phenoxy) is 1. The fraction of sp³-hybridized carbons (Fsp3) is 0.625. The molecule has 25 heavy (non-hydrogen) atoms. The second kappa shape index (κ2) is 6.54. The largest absolute Gasteiger partial charge is 0.365 e. The molecule has 1 saturated heterocycles. The molecule has 1 aliphatic heterocycles. The number of H-pyrrole nitrogens is 1. The highest BCUT2D eigenvalue weighted by molar-refractivity contribution is 7.89. The van der Waals surface area contributed by atoms with Crippen molar-refractivity contribution in [2.45, 2.75) is 25.3 Å². The van der Waals surface area contributed by atoms with Gasteiger partial charge in [-0.3, -0.25) is 0 Å². The zero-order chi connectivity index (χ0) is 17.4. The van der Waals surface area contributed by atoms with Crippen LogP contribution in [0.3, 0.4) is 0 Å². The molecule has 2 aromatic rings. The third-order valence-electron chi connectivity index (χ3n) is 5.20. The van der Waals surface area contributed by atoms with Crippen molar-refractivity contribution in [3.8, 4) is 0 Å². The summed E-state index contributed by atoms with van der Waals surface area (Å²) in [6, 6.07) is 2.28. The van der Waals surface area contributed by atoms with Crippen LogP contribution in [0.4, 0.5) is 5.82 Å². The molecule has 0 atom stereocenters. The van der Waals surface area contributed by atoms with Gasteiger partial charge in [0.2, 0.25) is 10.0 Å². The molecule has 2 aliphatic rings. The summed E-state index contributed by atoms with van der Waals surface area (Å²) in [4.78, 5) is 13.9. The van der Waals surface area contributed by atoms with Crippen molar-refractivity contribution < 1.29 is 13.2 Å². The standard InChI is InChI=1S/C16H23N5O3S/c1-20(16-14-3-4-17-15(14)18-10-19-16)13-7-12(8-13)9-25(22,23)21-5-2-6-24-11-21/h3-4,10,12-13H,2,5-9,11H2,1H3,(H,17,18,19). The van der Waals surface area contributed by atoms with Crippen LogP contribution in [0.2, 0.25) is 0 Å². The molecule has 0 spiro atoms. The molecule has 0 amide bonds. The highest BCUT2D eigenvalue weighted by atomic mass is 32.2. The summed E-state index contributed by atoms with van der Waals surface area (Å²) < 4.78 is 31.7. The van der Waals surface area contributed by atoms with Gasteiger partial charge < -0.3 is 14.6 Å². The Morgan fingerprint density at radius 1 is 1.40 bits per heavy atom. The van der Waals surface area contributed by atoms with E-state index in [1.165, 1.54) is 4.31 Å². The first-order valence-corrected chi connectivity index (χ1v) is 10.2. The minimum Gasteiger partial charge on any atom is -0.365 e. The van der Waals surface area contributed by atoms with Crippen LogP contribution in [0.25, 0.3) is 11.0 Å². The Hall–Kier alpha value is -1.71. The van der Waals surface area contributed by atoms with Crippen molar-refractivity contribution in [3.63, 3.8) is 0 Å².